The van der Waals surface area contributed by atoms with Crippen molar-refractivity contribution in [2.24, 2.45) is 11.8 Å². The first-order chi connectivity index (χ1) is 16.3. The first-order valence-corrected chi connectivity index (χ1v) is 11.1. The van der Waals surface area contributed by atoms with Gasteiger partial charge in [-0.2, -0.15) is 0 Å². The van der Waals surface area contributed by atoms with Gasteiger partial charge in [0.1, 0.15) is 0 Å². The first kappa shape index (κ1) is 25.5. The first-order valence-electron chi connectivity index (χ1n) is 11.1. The van der Waals surface area contributed by atoms with Gasteiger partial charge in [-0.15, -0.1) is 0 Å². The Labute approximate surface area is 201 Å². The molecular weight excluding hydrogens is 440 g/mol. The lowest BCUT2D eigenvalue weighted by Crippen LogP contribution is -2.24. The van der Waals surface area contributed by atoms with Crippen molar-refractivity contribution >= 4 is 5.97 Å². The molecule has 0 fully saturated rings. The van der Waals surface area contributed by atoms with E-state index in [2.05, 4.69) is 13.8 Å². The largest absolute Gasteiger partial charge is 0.493 e. The highest BCUT2D eigenvalue weighted by Crippen LogP contribution is 2.57. The molecule has 0 aliphatic heterocycles. The highest BCUT2D eigenvalue weighted by Gasteiger charge is 2.37. The second-order valence-electron chi connectivity index (χ2n) is 8.38. The molecule has 1 aliphatic carbocycles. The molecule has 0 radical (unpaired) electrons. The van der Waals surface area contributed by atoms with Gasteiger partial charge in [0.25, 0.3) is 0 Å². The molecule has 0 heterocycles. The molecule has 0 bridgehead atoms. The topological polar surface area (TPSA) is 81.7 Å². The van der Waals surface area contributed by atoms with E-state index in [1.165, 1.54) is 14.0 Å². The summed E-state index contributed by atoms with van der Waals surface area (Å²) in [5.41, 5.74) is 3.32. The molecule has 2 aromatic rings. The molecule has 3 rings (SSSR count). The molecule has 3 atom stereocenters. The van der Waals surface area contributed by atoms with E-state index in [0.29, 0.717) is 28.7 Å². The standard InChI is InChI=1S/C26H34O8/c1-13-10-16-11-18(28-4)23(30-6)25(32-8)20(16)21-17(22(29-5)14(13)2)12-19(34-15(3)27)24(31-7)26(21)33-9/h11-14,22H,10H2,1-9H3. The van der Waals surface area contributed by atoms with Crippen LogP contribution >= 0.6 is 0 Å². The highest BCUT2D eigenvalue weighted by molar-refractivity contribution is 5.89. The summed E-state index contributed by atoms with van der Waals surface area (Å²) >= 11 is 0. The van der Waals surface area contributed by atoms with Crippen LogP contribution in [0.1, 0.15) is 38.0 Å². The Hall–Kier alpha value is -3.13. The van der Waals surface area contributed by atoms with E-state index in [4.69, 9.17) is 33.2 Å². The van der Waals surface area contributed by atoms with Gasteiger partial charge in [0.05, 0.1) is 41.7 Å². The molecule has 34 heavy (non-hydrogen) atoms. The summed E-state index contributed by atoms with van der Waals surface area (Å²) in [6.07, 6.45) is 0.425. The smallest absolute Gasteiger partial charge is 0.308 e. The number of hydrogen-bond acceptors (Lipinski definition) is 8. The lowest BCUT2D eigenvalue weighted by Gasteiger charge is -2.35. The third-order valence-electron chi connectivity index (χ3n) is 6.53. The molecule has 1 aliphatic rings. The Morgan fingerprint density at radius 1 is 0.765 bits per heavy atom. The maximum Gasteiger partial charge on any atom is 0.308 e. The summed E-state index contributed by atoms with van der Waals surface area (Å²) in [5.74, 6) is 2.42. The molecule has 0 N–H and O–H groups in total. The van der Waals surface area contributed by atoms with Crippen LogP contribution in [0, 0.1) is 11.8 Å². The Balaban J connectivity index is 2.58. The number of fused-ring (bicyclic) bond motifs is 3. The van der Waals surface area contributed by atoms with Crippen molar-refractivity contribution in [3.05, 3.63) is 23.3 Å². The number of ether oxygens (including phenoxy) is 7. The fourth-order valence-corrected chi connectivity index (χ4v) is 4.83. The molecule has 0 saturated heterocycles. The van der Waals surface area contributed by atoms with Gasteiger partial charge in [0, 0.05) is 25.2 Å². The van der Waals surface area contributed by atoms with E-state index in [1.807, 2.05) is 6.07 Å². The van der Waals surface area contributed by atoms with Crippen LogP contribution in [0.3, 0.4) is 0 Å². The summed E-state index contributed by atoms with van der Waals surface area (Å²) in [5, 5.41) is 0. The monoisotopic (exact) mass is 474 g/mol. The predicted molar refractivity (Wildman–Crippen MR) is 128 cm³/mol. The van der Waals surface area contributed by atoms with Gasteiger partial charge in [-0.3, -0.25) is 4.79 Å². The van der Waals surface area contributed by atoms with E-state index in [1.54, 1.807) is 41.6 Å². The van der Waals surface area contributed by atoms with Crippen LogP contribution < -0.4 is 28.4 Å². The van der Waals surface area contributed by atoms with Gasteiger partial charge in [-0.1, -0.05) is 13.8 Å². The van der Waals surface area contributed by atoms with E-state index >= 15 is 0 Å². The van der Waals surface area contributed by atoms with Gasteiger partial charge in [0.2, 0.25) is 11.5 Å². The summed E-state index contributed by atoms with van der Waals surface area (Å²) in [6, 6.07) is 3.77. The number of methoxy groups -OCH3 is 6. The minimum atomic E-state index is -0.467. The minimum absolute atomic E-state index is 0.124. The second-order valence-corrected chi connectivity index (χ2v) is 8.38. The number of esters is 1. The molecule has 0 aromatic heterocycles. The molecule has 0 spiro atoms. The molecule has 8 nitrogen and oxygen atoms in total. The SMILES string of the molecule is COc1cc2c(c(OC)c1OC)-c1c(cc(OC(C)=O)c(OC)c1OC)C(OC)C(C)C(C)C2. The Kier molecular flexibility index (Phi) is 7.82. The van der Waals surface area contributed by atoms with Gasteiger partial charge < -0.3 is 33.2 Å². The van der Waals surface area contributed by atoms with E-state index < -0.39 is 5.97 Å². The maximum atomic E-state index is 11.9. The quantitative estimate of drug-likeness (QED) is 0.417. The number of carbonyl (C=O) groups excluding carboxylic acids is 1. The van der Waals surface area contributed by atoms with Crippen molar-refractivity contribution in [2.75, 3.05) is 42.7 Å². The zero-order valence-corrected chi connectivity index (χ0v) is 21.4. The predicted octanol–water partition coefficient (Wildman–Crippen LogP) is 4.84. The zero-order valence-electron chi connectivity index (χ0n) is 21.4. The average Bonchev–Trinajstić information content (AvgIpc) is 2.82. The Morgan fingerprint density at radius 3 is 1.82 bits per heavy atom. The van der Waals surface area contributed by atoms with Crippen LogP contribution in [0.15, 0.2) is 12.1 Å². The number of hydrogen-bond donors (Lipinski definition) is 0. The number of benzene rings is 2. The fraction of sp³-hybridized carbons (Fsp3) is 0.500. The van der Waals surface area contributed by atoms with Crippen LogP contribution in [-0.4, -0.2) is 48.6 Å². The van der Waals surface area contributed by atoms with Crippen LogP contribution in [-0.2, 0) is 16.0 Å². The summed E-state index contributed by atoms with van der Waals surface area (Å²) in [4.78, 5) is 11.9. The normalized spacial score (nSPS) is 19.1. The molecule has 0 amide bonds. The molecule has 186 valence electrons. The van der Waals surface area contributed by atoms with Crippen molar-refractivity contribution in [1.29, 1.82) is 0 Å². The summed E-state index contributed by atoms with van der Waals surface area (Å²) in [7, 11) is 9.49. The van der Waals surface area contributed by atoms with Crippen LogP contribution in [0.4, 0.5) is 0 Å². The summed E-state index contributed by atoms with van der Waals surface area (Å²) in [6.45, 7) is 5.67. The van der Waals surface area contributed by atoms with Gasteiger partial charge in [-0.25, -0.2) is 0 Å². The van der Waals surface area contributed by atoms with Gasteiger partial charge in [0.15, 0.2) is 23.0 Å². The average molecular weight is 475 g/mol. The summed E-state index contributed by atoms with van der Waals surface area (Å²) < 4.78 is 40.3. The molecule has 3 unspecified atom stereocenters. The van der Waals surface area contributed by atoms with Crippen molar-refractivity contribution < 1.29 is 38.0 Å². The second kappa shape index (κ2) is 10.4. The van der Waals surface area contributed by atoms with Crippen molar-refractivity contribution in [2.45, 2.75) is 33.3 Å². The van der Waals surface area contributed by atoms with Crippen molar-refractivity contribution in [3.8, 4) is 45.6 Å². The van der Waals surface area contributed by atoms with E-state index in [9.17, 15) is 4.79 Å². The Morgan fingerprint density at radius 2 is 1.32 bits per heavy atom. The molecule has 0 saturated carbocycles. The van der Waals surface area contributed by atoms with Gasteiger partial charge in [-0.05, 0) is 41.5 Å². The maximum absolute atomic E-state index is 11.9. The molecule has 2 aromatic carbocycles. The van der Waals surface area contributed by atoms with Crippen LogP contribution in [0.5, 0.6) is 34.5 Å². The van der Waals surface area contributed by atoms with Gasteiger partial charge >= 0.3 is 5.97 Å². The zero-order chi connectivity index (χ0) is 25.2. The third-order valence-corrected chi connectivity index (χ3v) is 6.53. The lowest BCUT2D eigenvalue weighted by molar-refractivity contribution is -0.132. The third kappa shape index (κ3) is 4.22. The van der Waals surface area contributed by atoms with Crippen molar-refractivity contribution in [1.82, 2.24) is 0 Å². The Bertz CT molecular complexity index is 1060. The van der Waals surface area contributed by atoms with Crippen molar-refractivity contribution in [3.63, 3.8) is 0 Å². The van der Waals surface area contributed by atoms with E-state index in [0.717, 1.165) is 28.7 Å². The van der Waals surface area contributed by atoms with E-state index in [-0.39, 0.29) is 23.7 Å². The fourth-order valence-electron chi connectivity index (χ4n) is 4.83. The number of rotatable bonds is 7. The number of carbonyl (C=O) groups is 1. The highest BCUT2D eigenvalue weighted by atomic mass is 16.6. The minimum Gasteiger partial charge on any atom is -0.493 e. The molecular formula is C26H34O8. The molecule has 8 heteroatoms. The van der Waals surface area contributed by atoms with Crippen LogP contribution in [0.25, 0.3) is 11.1 Å². The van der Waals surface area contributed by atoms with Crippen LogP contribution in [0.2, 0.25) is 0 Å². The lowest BCUT2D eigenvalue weighted by atomic mass is 9.76.